The number of carbonyl (C=O) groups is 1. The molecule has 1 aliphatic heterocycles. The van der Waals surface area contributed by atoms with Gasteiger partial charge in [-0.25, -0.2) is 4.79 Å². The van der Waals surface area contributed by atoms with Crippen molar-refractivity contribution in [2.75, 3.05) is 32.1 Å². The normalized spacial score (nSPS) is 30.5. The third kappa shape index (κ3) is 4.49. The van der Waals surface area contributed by atoms with E-state index < -0.39 is 0 Å². The first-order valence-electron chi connectivity index (χ1n) is 12.9. The third-order valence-electron chi connectivity index (χ3n) is 9.04. The van der Waals surface area contributed by atoms with Crippen molar-refractivity contribution in [3.63, 3.8) is 0 Å². The van der Waals surface area contributed by atoms with E-state index in [-0.39, 0.29) is 22.4 Å². The topological polar surface area (TPSA) is 20.3 Å². The van der Waals surface area contributed by atoms with E-state index in [1.165, 1.54) is 40.4 Å². The summed E-state index contributed by atoms with van der Waals surface area (Å²) < 4.78 is 0.502. The first-order valence-corrected chi connectivity index (χ1v) is 14.1. The average Bonchev–Trinajstić information content (AvgIpc) is 2.76. The summed E-state index contributed by atoms with van der Waals surface area (Å²) in [6.45, 7) is 4.21. The highest BCUT2D eigenvalue weighted by Gasteiger charge is 2.62. The van der Waals surface area contributed by atoms with Gasteiger partial charge in [0.05, 0.1) is 37.4 Å². The molecule has 6 heteroatoms. The van der Waals surface area contributed by atoms with E-state index in [0.29, 0.717) is 15.8 Å². The molecule has 0 spiro atoms. The van der Waals surface area contributed by atoms with Gasteiger partial charge in [-0.05, 0) is 86.1 Å². The van der Waals surface area contributed by atoms with Crippen molar-refractivity contribution in [3.8, 4) is 0 Å². The second-order valence-electron chi connectivity index (χ2n) is 12.5. The van der Waals surface area contributed by atoms with Crippen LogP contribution in [0.2, 0.25) is 5.02 Å². The van der Waals surface area contributed by atoms with Crippen LogP contribution in [-0.2, 0) is 4.79 Å². The van der Waals surface area contributed by atoms with E-state index in [1.807, 2.05) is 17.8 Å². The molecule has 0 radical (unpaired) electrons. The van der Waals surface area contributed by atoms with Gasteiger partial charge in [0.15, 0.2) is 0 Å². The molecule has 4 saturated carbocycles. The Bertz CT molecular complexity index is 1140. The van der Waals surface area contributed by atoms with Gasteiger partial charge < -0.3 is 21.9 Å². The molecule has 35 heavy (non-hydrogen) atoms. The predicted octanol–water partition coefficient (Wildman–Crippen LogP) is 4.55. The molecule has 0 N–H and O–H groups in total. The second kappa shape index (κ2) is 9.08. The predicted molar refractivity (Wildman–Crippen MR) is 141 cm³/mol. The number of fused-ring (bicyclic) bond motifs is 2. The Balaban J connectivity index is 0.00000253. The number of para-hydroxylation sites is 1. The molecule has 188 valence electrons. The largest absolute Gasteiger partial charge is 1.00 e. The van der Waals surface area contributed by atoms with E-state index in [9.17, 15) is 4.79 Å². The Morgan fingerprint density at radius 1 is 1.06 bits per heavy atom. The zero-order chi connectivity index (χ0) is 23.7. The molecule has 2 unspecified atom stereocenters. The number of halogens is 2. The van der Waals surface area contributed by atoms with Crippen LogP contribution in [0, 0.1) is 22.7 Å². The highest BCUT2D eigenvalue weighted by Crippen LogP contribution is 2.65. The summed E-state index contributed by atoms with van der Waals surface area (Å²) in [5.74, 6) is 2.06. The molecule has 2 aromatic rings. The van der Waals surface area contributed by atoms with E-state index in [2.05, 4.69) is 62.3 Å². The fourth-order valence-electron chi connectivity index (χ4n) is 8.38. The molecule has 2 aromatic carbocycles. The summed E-state index contributed by atoms with van der Waals surface area (Å²) in [5, 5.41) is 0.769. The van der Waals surface area contributed by atoms with Crippen molar-refractivity contribution in [1.29, 1.82) is 0 Å². The number of quaternary nitrogens is 1. The minimum atomic E-state index is -0.0726. The molecule has 4 bridgehead atoms. The van der Waals surface area contributed by atoms with Crippen LogP contribution in [0.4, 0.5) is 11.4 Å². The maximum atomic E-state index is 14.1. The highest BCUT2D eigenvalue weighted by atomic mass is 79.9. The maximum Gasteiger partial charge on any atom is 0.319 e. The smallest absolute Gasteiger partial charge is 0.319 e. The van der Waals surface area contributed by atoms with Crippen molar-refractivity contribution in [2.24, 2.45) is 22.7 Å². The van der Waals surface area contributed by atoms with Gasteiger partial charge in [-0.2, -0.15) is 0 Å². The van der Waals surface area contributed by atoms with Crippen LogP contribution in [0.3, 0.4) is 0 Å². The summed E-state index contributed by atoms with van der Waals surface area (Å²) >= 11 is 8.21. The van der Waals surface area contributed by atoms with Crippen molar-refractivity contribution < 1.29 is 26.3 Å². The van der Waals surface area contributed by atoms with Crippen molar-refractivity contribution in [1.82, 2.24) is 0 Å². The number of hydrogen-bond donors (Lipinski definition) is 0. The fraction of sp³-hybridized carbons (Fsp3) is 0.552. The number of rotatable bonds is 5. The van der Waals surface area contributed by atoms with Gasteiger partial charge in [0.2, 0.25) is 0 Å². The van der Waals surface area contributed by atoms with Crippen LogP contribution >= 0.6 is 23.4 Å². The lowest BCUT2D eigenvalue weighted by molar-refractivity contribution is -0.818. The number of amides is 1. The monoisotopic (exact) mass is 574 g/mol. The van der Waals surface area contributed by atoms with Crippen LogP contribution in [0.1, 0.15) is 51.9 Å². The van der Waals surface area contributed by atoms with Crippen molar-refractivity contribution in [3.05, 3.63) is 47.5 Å². The molecule has 0 saturated heterocycles. The first kappa shape index (κ1) is 25.6. The lowest BCUT2D eigenvalue weighted by Crippen LogP contribution is -3.00. The SMILES string of the molecule is CC12C[C@H]3C[C@@H](C1)CC(C(=O)[N+](C)(C)CCCN1c4ccccc4Sc4ccc(Cl)cc41)(C3)C2.[Br-]. The Hall–Kier alpha value is -1.01. The number of carbonyl (C=O) groups excluding carboxylic acids is 1. The van der Waals surface area contributed by atoms with E-state index >= 15 is 0 Å². The standard InChI is InChI=1S/C29H36ClN2OS.BrH/c1-28-15-20-13-21(16-28)18-29(17-20,19-28)27(33)32(2,3)12-6-11-31-23-7-4-5-8-25(23)34-26-10-9-22(30)14-24(26)31;/h4-5,7-10,14,20-21H,6,11-13,15-19H2,1-3H3;1H/q+1;/p-1/t20-,21+,28?,29?;. The number of nitrogens with zero attached hydrogens (tertiary/aromatic N) is 2. The van der Waals surface area contributed by atoms with Crippen molar-refractivity contribution >= 4 is 40.6 Å². The molecule has 7 rings (SSSR count). The quantitative estimate of drug-likeness (QED) is 0.488. The lowest BCUT2D eigenvalue weighted by Gasteiger charge is -2.60. The molecule has 3 nitrogen and oxygen atoms in total. The lowest BCUT2D eigenvalue weighted by atomic mass is 9.44. The van der Waals surface area contributed by atoms with Gasteiger partial charge in [-0.3, -0.25) is 4.48 Å². The van der Waals surface area contributed by atoms with Gasteiger partial charge >= 0.3 is 5.91 Å². The number of benzene rings is 2. The van der Waals surface area contributed by atoms with Crippen LogP contribution in [-0.4, -0.2) is 37.6 Å². The summed E-state index contributed by atoms with van der Waals surface area (Å²) in [7, 11) is 4.32. The summed E-state index contributed by atoms with van der Waals surface area (Å²) in [5.41, 5.74) is 2.75. The van der Waals surface area contributed by atoms with Gasteiger partial charge in [-0.15, -0.1) is 0 Å². The molecular weight excluding hydrogens is 540 g/mol. The Kier molecular flexibility index (Phi) is 6.65. The molecule has 4 fully saturated rings. The van der Waals surface area contributed by atoms with Gasteiger partial charge in [0, 0.05) is 27.8 Å². The zero-order valence-corrected chi connectivity index (χ0v) is 24.2. The van der Waals surface area contributed by atoms with Crippen LogP contribution in [0.5, 0.6) is 0 Å². The Morgan fingerprint density at radius 2 is 1.74 bits per heavy atom. The van der Waals surface area contributed by atoms with E-state index in [1.54, 1.807) is 0 Å². The highest BCUT2D eigenvalue weighted by molar-refractivity contribution is 7.99. The zero-order valence-electron chi connectivity index (χ0n) is 21.0. The summed E-state index contributed by atoms with van der Waals surface area (Å²) in [6, 6.07) is 14.8. The minimum absolute atomic E-state index is 0. The molecule has 4 atom stereocenters. The Labute approximate surface area is 229 Å². The number of hydrogen-bond acceptors (Lipinski definition) is 3. The molecule has 0 aromatic heterocycles. The van der Waals surface area contributed by atoms with Gasteiger partial charge in [0.1, 0.15) is 0 Å². The van der Waals surface area contributed by atoms with Crippen molar-refractivity contribution in [2.45, 2.75) is 61.7 Å². The molecule has 4 aliphatic carbocycles. The van der Waals surface area contributed by atoms with E-state index in [4.69, 9.17) is 11.6 Å². The Morgan fingerprint density at radius 3 is 2.46 bits per heavy atom. The summed E-state index contributed by atoms with van der Waals surface area (Å²) in [4.78, 5) is 19.1. The fourth-order valence-corrected chi connectivity index (χ4v) is 9.62. The van der Waals surface area contributed by atoms with E-state index in [0.717, 1.165) is 55.6 Å². The number of anilines is 2. The molecular formula is C29H36BrClN2OS. The molecule has 1 amide bonds. The van der Waals surface area contributed by atoms with Crippen LogP contribution in [0.15, 0.2) is 52.3 Å². The minimum Gasteiger partial charge on any atom is -1.00 e. The molecule has 1 heterocycles. The maximum absolute atomic E-state index is 14.1. The third-order valence-corrected chi connectivity index (χ3v) is 10.4. The van der Waals surface area contributed by atoms with Gasteiger partial charge in [0.25, 0.3) is 0 Å². The van der Waals surface area contributed by atoms with Crippen LogP contribution in [0.25, 0.3) is 0 Å². The average molecular weight is 576 g/mol. The van der Waals surface area contributed by atoms with Crippen LogP contribution < -0.4 is 21.9 Å². The summed E-state index contributed by atoms with van der Waals surface area (Å²) in [6.07, 6.45) is 8.43. The second-order valence-corrected chi connectivity index (χ2v) is 14.0. The molecule has 5 aliphatic rings. The first-order chi connectivity index (χ1) is 16.2. The van der Waals surface area contributed by atoms with Gasteiger partial charge in [-0.1, -0.05) is 42.4 Å².